The van der Waals surface area contributed by atoms with Gasteiger partial charge in [0.1, 0.15) is 5.75 Å². The van der Waals surface area contributed by atoms with Crippen molar-refractivity contribution in [3.8, 4) is 5.75 Å². The van der Waals surface area contributed by atoms with E-state index in [1.165, 1.54) is 0 Å². The van der Waals surface area contributed by atoms with Crippen LogP contribution in [0.15, 0.2) is 54.6 Å². The van der Waals surface area contributed by atoms with Crippen molar-refractivity contribution in [3.63, 3.8) is 0 Å². The van der Waals surface area contributed by atoms with E-state index in [0.29, 0.717) is 24.5 Å². The van der Waals surface area contributed by atoms with E-state index in [4.69, 9.17) is 17.0 Å². The van der Waals surface area contributed by atoms with E-state index in [2.05, 4.69) is 28.4 Å². The molecule has 0 radical (unpaired) electrons. The fourth-order valence-corrected chi connectivity index (χ4v) is 2.71. The number of amides is 3. The van der Waals surface area contributed by atoms with Crippen LogP contribution < -0.4 is 26.2 Å². The van der Waals surface area contributed by atoms with Gasteiger partial charge in [-0.05, 0) is 42.4 Å². The van der Waals surface area contributed by atoms with Crippen LogP contribution in [-0.4, -0.2) is 29.4 Å². The van der Waals surface area contributed by atoms with Gasteiger partial charge in [-0.25, -0.2) is 0 Å². The van der Waals surface area contributed by atoms with Crippen molar-refractivity contribution in [2.24, 2.45) is 0 Å². The molecule has 2 rings (SSSR count). The third-order valence-corrected chi connectivity index (χ3v) is 4.52. The normalized spacial score (nSPS) is 10.0. The lowest BCUT2D eigenvalue weighted by atomic mass is 10.2. The first-order chi connectivity index (χ1) is 15.5. The summed E-state index contributed by atoms with van der Waals surface area (Å²) in [5.74, 6) is -0.495. The Morgan fingerprint density at radius 1 is 0.938 bits per heavy atom. The number of carbonyl (C=O) groups excluding carboxylic acids is 3. The number of hydrazine groups is 1. The monoisotopic (exact) mass is 456 g/mol. The Morgan fingerprint density at radius 3 is 2.44 bits per heavy atom. The summed E-state index contributed by atoms with van der Waals surface area (Å²) in [6.45, 7) is 3.05. The van der Waals surface area contributed by atoms with Gasteiger partial charge in [-0.15, -0.1) is 0 Å². The Morgan fingerprint density at radius 2 is 1.69 bits per heavy atom. The molecule has 2 aromatic rings. The van der Waals surface area contributed by atoms with E-state index < -0.39 is 11.8 Å². The molecule has 0 aliphatic rings. The Labute approximate surface area is 193 Å². The van der Waals surface area contributed by atoms with Crippen molar-refractivity contribution in [2.75, 3.05) is 6.61 Å². The fraction of sp³-hybridized carbons (Fsp3) is 0.304. The Kier molecular flexibility index (Phi) is 10.7. The third-order valence-electron chi connectivity index (χ3n) is 4.32. The molecule has 0 saturated heterocycles. The van der Waals surface area contributed by atoms with Gasteiger partial charge in [0.15, 0.2) is 5.11 Å². The molecule has 32 heavy (non-hydrogen) atoms. The van der Waals surface area contributed by atoms with Crippen LogP contribution in [0.25, 0.3) is 0 Å². The lowest BCUT2D eigenvalue weighted by Crippen LogP contribution is -2.48. The highest BCUT2D eigenvalue weighted by molar-refractivity contribution is 7.80. The van der Waals surface area contributed by atoms with E-state index in [-0.39, 0.29) is 23.9 Å². The highest BCUT2D eigenvalue weighted by Crippen LogP contribution is 2.13. The van der Waals surface area contributed by atoms with Gasteiger partial charge in [0.2, 0.25) is 11.8 Å². The topological polar surface area (TPSA) is 109 Å². The van der Waals surface area contributed by atoms with Gasteiger partial charge in [-0.1, -0.05) is 49.7 Å². The minimum absolute atomic E-state index is 0.0265. The predicted octanol–water partition coefficient (Wildman–Crippen LogP) is 2.60. The zero-order valence-corrected chi connectivity index (χ0v) is 18.8. The number of unbranched alkanes of at least 4 members (excludes halogenated alkanes) is 1. The molecule has 0 atom stereocenters. The smallest absolute Gasteiger partial charge is 0.257 e. The first-order valence-corrected chi connectivity index (χ1v) is 10.8. The number of nitrogens with one attached hydrogen (secondary N) is 4. The number of ether oxygens (including phenoxy) is 1. The second kappa shape index (κ2) is 13.8. The van der Waals surface area contributed by atoms with Gasteiger partial charge >= 0.3 is 0 Å². The van der Waals surface area contributed by atoms with Crippen LogP contribution in [0.4, 0.5) is 0 Å². The Bertz CT molecular complexity index is 921. The van der Waals surface area contributed by atoms with Crippen LogP contribution in [0.2, 0.25) is 0 Å². The highest BCUT2D eigenvalue weighted by atomic mass is 32.1. The summed E-state index contributed by atoms with van der Waals surface area (Å²) >= 11 is 5.03. The molecule has 0 saturated carbocycles. The van der Waals surface area contributed by atoms with E-state index in [1.54, 1.807) is 24.3 Å². The number of carbonyl (C=O) groups is 3. The fourth-order valence-electron chi connectivity index (χ4n) is 2.57. The third kappa shape index (κ3) is 9.57. The molecule has 0 spiro atoms. The van der Waals surface area contributed by atoms with Crippen molar-refractivity contribution >= 4 is 35.1 Å². The van der Waals surface area contributed by atoms with E-state index in [9.17, 15) is 14.4 Å². The summed E-state index contributed by atoms with van der Waals surface area (Å²) in [6, 6.07) is 16.2. The standard InChI is InChI=1S/C23H28N4O4S/c1-2-3-14-31-19-11-7-10-18(15-19)22(30)25-23(32)27-26-21(29)13-12-20(28)24-16-17-8-5-4-6-9-17/h4-11,15H,2-3,12-14,16H2,1H3,(H,24,28)(H,26,29)(H2,25,27,30,32). The molecule has 0 aliphatic heterocycles. The minimum Gasteiger partial charge on any atom is -0.494 e. The van der Waals surface area contributed by atoms with Gasteiger partial charge in [0.25, 0.3) is 5.91 Å². The molecule has 2 aromatic carbocycles. The molecule has 170 valence electrons. The zero-order chi connectivity index (χ0) is 23.2. The van der Waals surface area contributed by atoms with Gasteiger partial charge in [0, 0.05) is 24.9 Å². The van der Waals surface area contributed by atoms with Crippen molar-refractivity contribution in [3.05, 3.63) is 65.7 Å². The number of rotatable bonds is 10. The maximum Gasteiger partial charge on any atom is 0.257 e. The van der Waals surface area contributed by atoms with Crippen LogP contribution in [-0.2, 0) is 16.1 Å². The number of benzene rings is 2. The van der Waals surface area contributed by atoms with Gasteiger partial charge in [-0.3, -0.25) is 30.6 Å². The van der Waals surface area contributed by atoms with Gasteiger partial charge in [-0.2, -0.15) is 0 Å². The molecule has 9 heteroatoms. The second-order valence-electron chi connectivity index (χ2n) is 6.95. The van der Waals surface area contributed by atoms with Gasteiger partial charge < -0.3 is 10.1 Å². The van der Waals surface area contributed by atoms with Crippen molar-refractivity contribution < 1.29 is 19.1 Å². The molecule has 0 heterocycles. The SMILES string of the molecule is CCCCOc1cccc(C(=O)NC(=S)NNC(=O)CCC(=O)NCc2ccccc2)c1. The van der Waals surface area contributed by atoms with Crippen LogP contribution >= 0.6 is 12.2 Å². The average Bonchev–Trinajstić information content (AvgIpc) is 2.81. The van der Waals surface area contributed by atoms with Crippen LogP contribution in [0, 0.1) is 0 Å². The molecule has 8 nitrogen and oxygen atoms in total. The van der Waals surface area contributed by atoms with Crippen LogP contribution in [0.3, 0.4) is 0 Å². The van der Waals surface area contributed by atoms with Gasteiger partial charge in [0.05, 0.1) is 6.61 Å². The maximum absolute atomic E-state index is 12.3. The molecule has 0 aromatic heterocycles. The summed E-state index contributed by atoms with van der Waals surface area (Å²) < 4.78 is 5.59. The van der Waals surface area contributed by atoms with Crippen molar-refractivity contribution in [1.29, 1.82) is 0 Å². The molecule has 4 N–H and O–H groups in total. The second-order valence-corrected chi connectivity index (χ2v) is 7.36. The number of thiocarbonyl (C=S) groups is 1. The number of hydrogen-bond donors (Lipinski definition) is 4. The van der Waals surface area contributed by atoms with Crippen LogP contribution in [0.5, 0.6) is 5.75 Å². The van der Waals surface area contributed by atoms with Crippen molar-refractivity contribution in [1.82, 2.24) is 21.5 Å². The molecular formula is C23H28N4O4S. The molecule has 0 unspecified atom stereocenters. The van der Waals surface area contributed by atoms with Crippen molar-refractivity contribution in [2.45, 2.75) is 39.2 Å². The largest absolute Gasteiger partial charge is 0.494 e. The molecule has 0 aliphatic carbocycles. The molecule has 0 fully saturated rings. The number of hydrogen-bond acceptors (Lipinski definition) is 5. The lowest BCUT2D eigenvalue weighted by Gasteiger charge is -2.11. The molecular weight excluding hydrogens is 428 g/mol. The van der Waals surface area contributed by atoms with E-state index in [0.717, 1.165) is 18.4 Å². The summed E-state index contributed by atoms with van der Waals surface area (Å²) in [5, 5.41) is 5.17. The predicted molar refractivity (Wildman–Crippen MR) is 126 cm³/mol. The minimum atomic E-state index is -0.432. The zero-order valence-electron chi connectivity index (χ0n) is 18.0. The Hall–Kier alpha value is -3.46. The van der Waals surface area contributed by atoms with Crippen LogP contribution in [0.1, 0.15) is 48.5 Å². The highest BCUT2D eigenvalue weighted by Gasteiger charge is 2.11. The summed E-state index contributed by atoms with van der Waals surface area (Å²) in [7, 11) is 0. The summed E-state index contributed by atoms with van der Waals surface area (Å²) in [6.07, 6.45) is 1.95. The first-order valence-electron chi connectivity index (χ1n) is 10.4. The molecule has 0 bridgehead atoms. The average molecular weight is 457 g/mol. The summed E-state index contributed by atoms with van der Waals surface area (Å²) in [4.78, 5) is 36.1. The summed E-state index contributed by atoms with van der Waals surface area (Å²) in [5.41, 5.74) is 6.18. The molecule has 3 amide bonds. The maximum atomic E-state index is 12.3. The lowest BCUT2D eigenvalue weighted by molar-refractivity contribution is -0.126. The van der Waals surface area contributed by atoms with E-state index >= 15 is 0 Å². The first kappa shape index (κ1) is 24.8. The van der Waals surface area contributed by atoms with E-state index in [1.807, 2.05) is 30.3 Å². The Balaban J connectivity index is 1.66. The quantitative estimate of drug-likeness (QED) is 0.249.